The number of hydrogen-bond acceptors (Lipinski definition) is 4. The SMILES string of the molecule is CCCC[N+](CC)(CC)CCCC.[O-][Cl+3]([O-])([O-])[O-]. The van der Waals surface area contributed by atoms with Gasteiger partial charge in [-0.2, -0.15) is 0 Å². The molecule has 0 N–H and O–H groups in total. The Hall–Kier alpha value is 0.0900. The zero-order valence-electron chi connectivity index (χ0n) is 12.1. The summed E-state index contributed by atoms with van der Waals surface area (Å²) in [5.41, 5.74) is 0. The minimum absolute atomic E-state index is 1.32. The third-order valence-electron chi connectivity index (χ3n) is 3.31. The molecule has 0 radical (unpaired) electrons. The summed E-state index contributed by atoms with van der Waals surface area (Å²) in [7, 11) is -4.94. The Morgan fingerprint density at radius 3 is 1.17 bits per heavy atom. The number of unbranched alkanes of at least 4 members (excludes halogenated alkanes) is 2. The number of halogens is 1. The third kappa shape index (κ3) is 14.2. The van der Waals surface area contributed by atoms with Crippen LogP contribution in [0.15, 0.2) is 0 Å². The second kappa shape index (κ2) is 11.0. The maximum absolute atomic E-state index is 8.49. The third-order valence-corrected chi connectivity index (χ3v) is 3.31. The molecule has 0 aromatic carbocycles. The van der Waals surface area contributed by atoms with Crippen molar-refractivity contribution in [3.8, 4) is 0 Å². The van der Waals surface area contributed by atoms with E-state index in [0.717, 1.165) is 0 Å². The van der Waals surface area contributed by atoms with Crippen LogP contribution in [0.4, 0.5) is 0 Å². The van der Waals surface area contributed by atoms with Gasteiger partial charge >= 0.3 is 0 Å². The minimum atomic E-state index is -4.94. The molecule has 0 aliphatic rings. The van der Waals surface area contributed by atoms with Crippen LogP contribution < -0.4 is 18.6 Å². The topological polar surface area (TPSA) is 92.2 Å². The van der Waals surface area contributed by atoms with E-state index in [1.165, 1.54) is 56.3 Å². The van der Waals surface area contributed by atoms with Crippen LogP contribution in [-0.2, 0) is 0 Å². The predicted octanol–water partition coefficient (Wildman–Crippen LogP) is -1.31. The van der Waals surface area contributed by atoms with E-state index in [4.69, 9.17) is 18.6 Å². The fourth-order valence-electron chi connectivity index (χ4n) is 1.95. The standard InChI is InChI=1S/C12H28N.ClHO4/c1-5-9-11-13(7-3,8-4)12-10-6-2;2-1(3,4)5/h5-12H2,1-4H3;(H,2,3,4,5)/q+1;/p-1. The molecular weight excluding hydrogens is 258 g/mol. The lowest BCUT2D eigenvalue weighted by atomic mass is 10.2. The predicted molar refractivity (Wildman–Crippen MR) is 60.9 cm³/mol. The zero-order chi connectivity index (χ0) is 14.7. The molecule has 0 bridgehead atoms. The van der Waals surface area contributed by atoms with Crippen LogP contribution >= 0.6 is 0 Å². The van der Waals surface area contributed by atoms with E-state index in [1.54, 1.807) is 0 Å². The van der Waals surface area contributed by atoms with Gasteiger partial charge in [0.15, 0.2) is 0 Å². The highest BCUT2D eigenvalue weighted by Gasteiger charge is 2.20. The maximum atomic E-state index is 8.49. The molecule has 0 rings (SSSR count). The largest absolute Gasteiger partial charge is 0.324 e. The summed E-state index contributed by atoms with van der Waals surface area (Å²) in [5, 5.41) is 0. The Labute approximate surface area is 113 Å². The molecule has 0 fully saturated rings. The van der Waals surface area contributed by atoms with Gasteiger partial charge in [-0.25, -0.2) is 18.6 Å². The molecule has 0 aromatic heterocycles. The molecule has 5 nitrogen and oxygen atoms in total. The first-order valence-electron chi connectivity index (χ1n) is 6.71. The summed E-state index contributed by atoms with van der Waals surface area (Å²) in [4.78, 5) is 0. The van der Waals surface area contributed by atoms with Gasteiger partial charge in [0.1, 0.15) is 0 Å². The van der Waals surface area contributed by atoms with Gasteiger partial charge in [0.2, 0.25) is 0 Å². The quantitative estimate of drug-likeness (QED) is 0.518. The van der Waals surface area contributed by atoms with E-state index in [1.807, 2.05) is 0 Å². The van der Waals surface area contributed by atoms with Crippen molar-refractivity contribution in [1.82, 2.24) is 0 Å². The molecule has 0 saturated heterocycles. The van der Waals surface area contributed by atoms with Crippen molar-refractivity contribution >= 4 is 0 Å². The monoisotopic (exact) mass is 285 g/mol. The smallest absolute Gasteiger partial charge is 0.0786 e. The molecule has 0 unspecified atom stereocenters. The fraction of sp³-hybridized carbons (Fsp3) is 1.00. The number of hydrogen-bond donors (Lipinski definition) is 0. The number of rotatable bonds is 8. The van der Waals surface area contributed by atoms with Crippen LogP contribution in [-0.4, -0.2) is 30.7 Å². The number of nitrogens with zero attached hydrogens (tertiary/aromatic N) is 1. The summed E-state index contributed by atoms with van der Waals surface area (Å²) in [5.74, 6) is 0. The van der Waals surface area contributed by atoms with Gasteiger partial charge in [0.05, 0.1) is 26.2 Å². The van der Waals surface area contributed by atoms with Gasteiger partial charge in [0, 0.05) is 0 Å². The molecule has 0 atom stereocenters. The summed E-state index contributed by atoms with van der Waals surface area (Å²) >= 11 is 0. The lowest BCUT2D eigenvalue weighted by molar-refractivity contribution is -2.00. The van der Waals surface area contributed by atoms with Crippen LogP contribution in [0.1, 0.15) is 53.4 Å². The molecule has 0 aliphatic carbocycles. The van der Waals surface area contributed by atoms with Gasteiger partial charge in [-0.15, -0.1) is 10.2 Å². The van der Waals surface area contributed by atoms with E-state index in [2.05, 4.69) is 27.7 Å². The molecular formula is C12H28ClNO4. The molecule has 6 heteroatoms. The molecule has 0 amide bonds. The van der Waals surface area contributed by atoms with Crippen LogP contribution in [0.3, 0.4) is 0 Å². The first kappa shape index (κ1) is 20.4. The normalized spacial score (nSPS) is 12.0. The lowest BCUT2D eigenvalue weighted by Crippen LogP contribution is -2.68. The van der Waals surface area contributed by atoms with Crippen LogP contribution in [0, 0.1) is 10.2 Å². The van der Waals surface area contributed by atoms with Crippen molar-refractivity contribution in [1.29, 1.82) is 0 Å². The molecule has 0 aromatic rings. The second-order valence-electron chi connectivity index (χ2n) is 4.51. The Kier molecular flexibility index (Phi) is 12.4. The molecule has 0 heterocycles. The van der Waals surface area contributed by atoms with E-state index in [-0.39, 0.29) is 0 Å². The van der Waals surface area contributed by atoms with E-state index in [0.29, 0.717) is 0 Å². The van der Waals surface area contributed by atoms with Gasteiger partial charge in [0.25, 0.3) is 0 Å². The van der Waals surface area contributed by atoms with Crippen molar-refractivity contribution in [3.63, 3.8) is 0 Å². The average Bonchev–Trinajstić information content (AvgIpc) is 2.28. The Morgan fingerprint density at radius 2 is 1.00 bits per heavy atom. The van der Waals surface area contributed by atoms with Crippen LogP contribution in [0.25, 0.3) is 0 Å². The van der Waals surface area contributed by atoms with E-state index < -0.39 is 10.2 Å². The zero-order valence-corrected chi connectivity index (χ0v) is 12.9. The average molecular weight is 286 g/mol. The van der Waals surface area contributed by atoms with Crippen molar-refractivity contribution in [2.45, 2.75) is 53.4 Å². The first-order valence-corrected chi connectivity index (χ1v) is 7.94. The highest BCUT2D eigenvalue weighted by Crippen LogP contribution is 2.11. The van der Waals surface area contributed by atoms with Gasteiger partial charge in [-0.1, -0.05) is 26.7 Å². The van der Waals surface area contributed by atoms with E-state index >= 15 is 0 Å². The summed E-state index contributed by atoms with van der Waals surface area (Å²) in [6, 6.07) is 0. The van der Waals surface area contributed by atoms with Gasteiger partial charge in [-0.05, 0) is 26.7 Å². The van der Waals surface area contributed by atoms with Crippen molar-refractivity contribution in [3.05, 3.63) is 0 Å². The Morgan fingerprint density at radius 1 is 0.722 bits per heavy atom. The highest BCUT2D eigenvalue weighted by atomic mass is 35.7. The molecule has 112 valence electrons. The Balaban J connectivity index is 0. The first-order chi connectivity index (χ1) is 8.24. The molecule has 18 heavy (non-hydrogen) atoms. The molecule has 0 saturated carbocycles. The fourth-order valence-corrected chi connectivity index (χ4v) is 1.95. The van der Waals surface area contributed by atoms with Crippen molar-refractivity contribution < 1.29 is 33.4 Å². The summed E-state index contributed by atoms with van der Waals surface area (Å²) < 4.78 is 35.3. The lowest BCUT2D eigenvalue weighted by Gasteiger charge is -2.37. The second-order valence-corrected chi connectivity index (χ2v) is 5.26. The Bertz CT molecular complexity index is 165. The van der Waals surface area contributed by atoms with Gasteiger partial charge in [-0.3, -0.25) is 0 Å². The van der Waals surface area contributed by atoms with Crippen LogP contribution in [0.2, 0.25) is 0 Å². The van der Waals surface area contributed by atoms with Crippen molar-refractivity contribution in [2.75, 3.05) is 26.2 Å². The maximum Gasteiger partial charge on any atom is 0.0786 e. The summed E-state index contributed by atoms with van der Waals surface area (Å²) in [6.07, 6.45) is 5.47. The molecule has 0 aliphatic heterocycles. The van der Waals surface area contributed by atoms with E-state index in [9.17, 15) is 0 Å². The minimum Gasteiger partial charge on any atom is -0.324 e. The molecule has 0 spiro atoms. The number of quaternary nitrogens is 1. The highest BCUT2D eigenvalue weighted by molar-refractivity contribution is 4.43. The van der Waals surface area contributed by atoms with Crippen LogP contribution in [0.5, 0.6) is 0 Å². The summed E-state index contributed by atoms with van der Waals surface area (Å²) in [6.45, 7) is 14.7. The van der Waals surface area contributed by atoms with Gasteiger partial charge < -0.3 is 4.48 Å². The van der Waals surface area contributed by atoms with Crippen molar-refractivity contribution in [2.24, 2.45) is 0 Å².